The second-order valence-electron chi connectivity index (χ2n) is 3.06. The fraction of sp³-hybridized carbons (Fsp3) is 0.625. The first kappa shape index (κ1) is 7.32. The second kappa shape index (κ2) is 2.45. The van der Waals surface area contributed by atoms with Crippen molar-refractivity contribution < 1.29 is 4.79 Å². The van der Waals surface area contributed by atoms with Gasteiger partial charge in [0.15, 0.2) is 0 Å². The first-order valence-corrected chi connectivity index (χ1v) is 3.58. The predicted octanol–water partition coefficient (Wildman–Crippen LogP) is 1.09. The van der Waals surface area contributed by atoms with Crippen molar-refractivity contribution in [3.05, 3.63) is 12.7 Å². The van der Waals surface area contributed by atoms with Crippen molar-refractivity contribution in [1.82, 2.24) is 5.32 Å². The van der Waals surface area contributed by atoms with Crippen molar-refractivity contribution in [3.8, 4) is 0 Å². The number of nitrogens with one attached hydrogen (secondary N) is 1. The second-order valence-corrected chi connectivity index (χ2v) is 3.06. The average Bonchev–Trinajstić information content (AvgIpc) is 2.15. The summed E-state index contributed by atoms with van der Waals surface area (Å²) in [5.41, 5.74) is -0.165. The van der Waals surface area contributed by atoms with Crippen molar-refractivity contribution in [2.24, 2.45) is 5.41 Å². The van der Waals surface area contributed by atoms with Crippen LogP contribution >= 0.6 is 0 Å². The zero-order valence-electron chi connectivity index (χ0n) is 6.31. The Labute approximate surface area is 61.3 Å². The third-order valence-corrected chi connectivity index (χ3v) is 2.11. The van der Waals surface area contributed by atoms with E-state index in [1.807, 2.05) is 13.0 Å². The third-order valence-electron chi connectivity index (χ3n) is 2.11. The number of carbonyl (C=O) groups is 1. The molecule has 0 spiro atoms. The van der Waals surface area contributed by atoms with Crippen LogP contribution < -0.4 is 5.32 Å². The van der Waals surface area contributed by atoms with E-state index in [1.165, 1.54) is 0 Å². The Morgan fingerprint density at radius 2 is 2.60 bits per heavy atom. The molecule has 10 heavy (non-hydrogen) atoms. The van der Waals surface area contributed by atoms with Gasteiger partial charge in [-0.3, -0.25) is 4.79 Å². The van der Waals surface area contributed by atoms with Gasteiger partial charge < -0.3 is 5.32 Å². The summed E-state index contributed by atoms with van der Waals surface area (Å²) in [7, 11) is 0. The Bertz CT molecular complexity index is 165. The largest absolute Gasteiger partial charge is 0.356 e. The monoisotopic (exact) mass is 139 g/mol. The molecule has 0 bridgehead atoms. The number of allylic oxidation sites excluding steroid dienone is 1. The van der Waals surface area contributed by atoms with Gasteiger partial charge in [0.05, 0.1) is 5.41 Å². The van der Waals surface area contributed by atoms with Crippen LogP contribution in [0.4, 0.5) is 0 Å². The van der Waals surface area contributed by atoms with Gasteiger partial charge in [-0.15, -0.1) is 6.58 Å². The molecule has 2 nitrogen and oxygen atoms in total. The van der Waals surface area contributed by atoms with Crippen LogP contribution in [0.2, 0.25) is 0 Å². The highest BCUT2D eigenvalue weighted by molar-refractivity contribution is 5.84. The smallest absolute Gasteiger partial charge is 0.226 e. The number of hydrogen-bond acceptors (Lipinski definition) is 1. The van der Waals surface area contributed by atoms with E-state index in [-0.39, 0.29) is 11.3 Å². The normalized spacial score (nSPS) is 31.9. The topological polar surface area (TPSA) is 29.1 Å². The molecular formula is C8H13NO. The minimum atomic E-state index is -0.165. The lowest BCUT2D eigenvalue weighted by molar-refractivity contribution is -0.126. The minimum Gasteiger partial charge on any atom is -0.356 e. The van der Waals surface area contributed by atoms with Crippen LogP contribution in [0.3, 0.4) is 0 Å². The molecule has 1 N–H and O–H groups in total. The van der Waals surface area contributed by atoms with Gasteiger partial charge in [-0.1, -0.05) is 13.0 Å². The molecule has 1 aliphatic heterocycles. The van der Waals surface area contributed by atoms with Crippen molar-refractivity contribution in [3.63, 3.8) is 0 Å². The Kier molecular flexibility index (Phi) is 1.79. The summed E-state index contributed by atoms with van der Waals surface area (Å²) in [5.74, 6) is 0.174. The number of amides is 1. The molecule has 1 fully saturated rings. The van der Waals surface area contributed by atoms with Crippen molar-refractivity contribution >= 4 is 5.91 Å². The fourth-order valence-electron chi connectivity index (χ4n) is 1.29. The lowest BCUT2D eigenvalue weighted by Crippen LogP contribution is -2.27. The fourth-order valence-corrected chi connectivity index (χ4v) is 1.29. The Morgan fingerprint density at radius 3 is 3.00 bits per heavy atom. The molecular weight excluding hydrogens is 126 g/mol. The minimum absolute atomic E-state index is 0.165. The number of rotatable bonds is 2. The van der Waals surface area contributed by atoms with Crippen LogP contribution in [0.25, 0.3) is 0 Å². The lowest BCUT2D eigenvalue weighted by Gasteiger charge is -2.16. The predicted molar refractivity (Wildman–Crippen MR) is 40.5 cm³/mol. The van der Waals surface area contributed by atoms with Crippen molar-refractivity contribution in [1.29, 1.82) is 0 Å². The molecule has 1 aliphatic rings. The molecule has 0 aliphatic carbocycles. The molecule has 0 aromatic rings. The molecule has 0 aromatic carbocycles. The Hall–Kier alpha value is -0.790. The lowest BCUT2D eigenvalue weighted by atomic mass is 9.85. The quantitative estimate of drug-likeness (QED) is 0.570. The van der Waals surface area contributed by atoms with E-state index >= 15 is 0 Å². The van der Waals surface area contributed by atoms with Crippen LogP contribution in [-0.2, 0) is 4.79 Å². The molecule has 1 amide bonds. The van der Waals surface area contributed by atoms with Gasteiger partial charge in [-0.25, -0.2) is 0 Å². The zero-order valence-corrected chi connectivity index (χ0v) is 6.31. The van der Waals surface area contributed by atoms with Crippen LogP contribution in [-0.4, -0.2) is 12.5 Å². The summed E-state index contributed by atoms with van der Waals surface area (Å²) in [6, 6.07) is 0. The van der Waals surface area contributed by atoms with Gasteiger partial charge >= 0.3 is 0 Å². The summed E-state index contributed by atoms with van der Waals surface area (Å²) < 4.78 is 0. The highest BCUT2D eigenvalue weighted by atomic mass is 16.2. The first-order chi connectivity index (χ1) is 4.69. The van der Waals surface area contributed by atoms with Gasteiger partial charge in [0.2, 0.25) is 5.91 Å². The maximum Gasteiger partial charge on any atom is 0.226 e. The van der Waals surface area contributed by atoms with Gasteiger partial charge in [-0.2, -0.15) is 0 Å². The molecule has 0 aromatic heterocycles. The van der Waals surface area contributed by atoms with Crippen molar-refractivity contribution in [2.75, 3.05) is 6.54 Å². The number of carbonyl (C=O) groups excluding carboxylic acids is 1. The summed E-state index contributed by atoms with van der Waals surface area (Å²) in [6.45, 7) is 6.43. The van der Waals surface area contributed by atoms with E-state index in [0.717, 1.165) is 19.4 Å². The van der Waals surface area contributed by atoms with Crippen LogP contribution in [0.5, 0.6) is 0 Å². The van der Waals surface area contributed by atoms with Crippen molar-refractivity contribution in [2.45, 2.75) is 19.8 Å². The third kappa shape index (κ3) is 1.06. The summed E-state index contributed by atoms with van der Waals surface area (Å²) in [6.07, 6.45) is 3.54. The van der Waals surface area contributed by atoms with E-state index in [0.29, 0.717) is 0 Å². The van der Waals surface area contributed by atoms with Crippen LogP contribution in [0.15, 0.2) is 12.7 Å². The molecule has 56 valence electrons. The molecule has 1 atom stereocenters. The first-order valence-electron chi connectivity index (χ1n) is 3.58. The molecule has 0 unspecified atom stereocenters. The molecule has 1 rings (SSSR count). The molecule has 1 heterocycles. The van der Waals surface area contributed by atoms with Gasteiger partial charge in [0.1, 0.15) is 0 Å². The summed E-state index contributed by atoms with van der Waals surface area (Å²) >= 11 is 0. The van der Waals surface area contributed by atoms with E-state index in [9.17, 15) is 4.79 Å². The van der Waals surface area contributed by atoms with E-state index in [2.05, 4.69) is 11.9 Å². The van der Waals surface area contributed by atoms with Gasteiger partial charge in [-0.05, 0) is 12.8 Å². The standard InChI is InChI=1S/C8H13NO/c1-3-4-8(2)5-6-9-7(8)10/h3H,1,4-6H2,2H3,(H,9,10)/t8-/m1/s1. The molecule has 0 radical (unpaired) electrons. The highest BCUT2D eigenvalue weighted by Crippen LogP contribution is 2.29. The van der Waals surface area contributed by atoms with E-state index < -0.39 is 0 Å². The molecule has 1 saturated heterocycles. The van der Waals surface area contributed by atoms with Crippen LogP contribution in [0, 0.1) is 5.41 Å². The SMILES string of the molecule is C=CC[C@]1(C)CCNC1=O. The van der Waals surface area contributed by atoms with Gasteiger partial charge in [0, 0.05) is 6.54 Å². The maximum atomic E-state index is 11.1. The maximum absolute atomic E-state index is 11.1. The van der Waals surface area contributed by atoms with Gasteiger partial charge in [0.25, 0.3) is 0 Å². The van der Waals surface area contributed by atoms with E-state index in [4.69, 9.17) is 0 Å². The Balaban J connectivity index is 2.65. The molecule has 0 saturated carbocycles. The summed E-state index contributed by atoms with van der Waals surface area (Å²) in [4.78, 5) is 11.1. The Morgan fingerprint density at radius 1 is 1.90 bits per heavy atom. The summed E-state index contributed by atoms with van der Waals surface area (Å²) in [5, 5.41) is 2.81. The zero-order chi connectivity index (χ0) is 7.61. The average molecular weight is 139 g/mol. The number of hydrogen-bond donors (Lipinski definition) is 1. The molecule has 2 heteroatoms. The van der Waals surface area contributed by atoms with E-state index in [1.54, 1.807) is 0 Å². The highest BCUT2D eigenvalue weighted by Gasteiger charge is 2.35. The van der Waals surface area contributed by atoms with Crippen LogP contribution in [0.1, 0.15) is 19.8 Å².